The van der Waals surface area contributed by atoms with Gasteiger partial charge in [-0.3, -0.25) is 9.10 Å². The summed E-state index contributed by atoms with van der Waals surface area (Å²) in [5, 5.41) is 2.79. The standard InChI is InChI=1S/C24H26N2O5S/c1-18-4-14-23(15-5-18)32(28,29)26(2)20-8-12-22(13-9-20)31-17-24(27)25-16-19-6-10-21(30-3)11-7-19/h4-15H,16-17H2,1-3H3,(H,25,27). The van der Waals surface area contributed by atoms with E-state index in [2.05, 4.69) is 5.32 Å². The molecule has 32 heavy (non-hydrogen) atoms. The van der Waals surface area contributed by atoms with Crippen molar-refractivity contribution in [3.8, 4) is 11.5 Å². The molecule has 0 bridgehead atoms. The zero-order valence-corrected chi connectivity index (χ0v) is 19.1. The number of nitrogens with zero attached hydrogens (tertiary/aromatic N) is 1. The summed E-state index contributed by atoms with van der Waals surface area (Å²) in [6.07, 6.45) is 0. The van der Waals surface area contributed by atoms with E-state index >= 15 is 0 Å². The lowest BCUT2D eigenvalue weighted by Crippen LogP contribution is -2.28. The van der Waals surface area contributed by atoms with Gasteiger partial charge >= 0.3 is 0 Å². The number of anilines is 1. The number of methoxy groups -OCH3 is 1. The van der Waals surface area contributed by atoms with E-state index in [1.165, 1.54) is 11.4 Å². The lowest BCUT2D eigenvalue weighted by atomic mass is 10.2. The zero-order valence-electron chi connectivity index (χ0n) is 18.2. The second-order valence-corrected chi connectivity index (χ2v) is 9.16. The molecule has 3 aromatic carbocycles. The minimum absolute atomic E-state index is 0.146. The van der Waals surface area contributed by atoms with E-state index in [9.17, 15) is 13.2 Å². The van der Waals surface area contributed by atoms with Crippen LogP contribution in [-0.4, -0.2) is 35.1 Å². The number of benzene rings is 3. The fraction of sp³-hybridized carbons (Fsp3) is 0.208. The highest BCUT2D eigenvalue weighted by atomic mass is 32.2. The lowest BCUT2D eigenvalue weighted by molar-refractivity contribution is -0.123. The molecule has 1 N–H and O–H groups in total. The molecule has 0 atom stereocenters. The number of hydrogen-bond acceptors (Lipinski definition) is 5. The smallest absolute Gasteiger partial charge is 0.264 e. The average Bonchev–Trinajstić information content (AvgIpc) is 2.82. The monoisotopic (exact) mass is 454 g/mol. The molecule has 0 heterocycles. The van der Waals surface area contributed by atoms with Gasteiger partial charge in [0.1, 0.15) is 11.5 Å². The number of amides is 1. The Labute approximate surface area is 188 Å². The predicted molar refractivity (Wildman–Crippen MR) is 124 cm³/mol. The third-order valence-electron chi connectivity index (χ3n) is 4.90. The Morgan fingerprint density at radius 3 is 2.09 bits per heavy atom. The number of carbonyl (C=O) groups is 1. The quantitative estimate of drug-likeness (QED) is 0.535. The molecule has 0 aliphatic carbocycles. The van der Waals surface area contributed by atoms with Gasteiger partial charge in [-0.05, 0) is 61.0 Å². The Balaban J connectivity index is 1.53. The van der Waals surface area contributed by atoms with Crippen molar-refractivity contribution in [3.63, 3.8) is 0 Å². The molecule has 8 heteroatoms. The summed E-state index contributed by atoms with van der Waals surface area (Å²) in [4.78, 5) is 12.3. The van der Waals surface area contributed by atoms with Crippen LogP contribution in [-0.2, 0) is 21.4 Å². The lowest BCUT2D eigenvalue weighted by Gasteiger charge is -2.20. The molecule has 1 amide bonds. The van der Waals surface area contributed by atoms with Crippen molar-refractivity contribution in [2.45, 2.75) is 18.4 Å². The second-order valence-electron chi connectivity index (χ2n) is 7.19. The van der Waals surface area contributed by atoms with E-state index in [0.29, 0.717) is 18.0 Å². The van der Waals surface area contributed by atoms with Gasteiger partial charge in [0.15, 0.2) is 6.61 Å². The van der Waals surface area contributed by atoms with Crippen LogP contribution in [0.25, 0.3) is 0 Å². The van der Waals surface area contributed by atoms with Gasteiger partial charge in [-0.1, -0.05) is 29.8 Å². The topological polar surface area (TPSA) is 84.9 Å². The van der Waals surface area contributed by atoms with E-state index in [0.717, 1.165) is 16.9 Å². The fourth-order valence-electron chi connectivity index (χ4n) is 2.90. The van der Waals surface area contributed by atoms with Crippen LogP contribution in [0.4, 0.5) is 5.69 Å². The number of aryl methyl sites for hydroxylation is 1. The first kappa shape index (κ1) is 23.1. The van der Waals surface area contributed by atoms with Crippen LogP contribution >= 0.6 is 0 Å². The Hall–Kier alpha value is -3.52. The Morgan fingerprint density at radius 2 is 1.50 bits per heavy atom. The van der Waals surface area contributed by atoms with Crippen molar-refractivity contribution < 1.29 is 22.7 Å². The average molecular weight is 455 g/mol. The molecule has 0 aromatic heterocycles. The predicted octanol–water partition coefficient (Wildman–Crippen LogP) is 3.52. The maximum atomic E-state index is 12.8. The van der Waals surface area contributed by atoms with Gasteiger partial charge in [0.05, 0.1) is 17.7 Å². The first-order valence-electron chi connectivity index (χ1n) is 9.97. The number of sulfonamides is 1. The molecule has 0 unspecified atom stereocenters. The highest BCUT2D eigenvalue weighted by Crippen LogP contribution is 2.24. The van der Waals surface area contributed by atoms with Gasteiger partial charge in [-0.15, -0.1) is 0 Å². The van der Waals surface area contributed by atoms with Gasteiger partial charge in [0, 0.05) is 13.6 Å². The largest absolute Gasteiger partial charge is 0.497 e. The van der Waals surface area contributed by atoms with Gasteiger partial charge in [-0.2, -0.15) is 0 Å². The molecule has 0 fully saturated rings. The molecule has 7 nitrogen and oxygen atoms in total. The van der Waals surface area contributed by atoms with Crippen LogP contribution in [0.3, 0.4) is 0 Å². The number of hydrogen-bond donors (Lipinski definition) is 1. The maximum absolute atomic E-state index is 12.8. The molecular formula is C24H26N2O5S. The summed E-state index contributed by atoms with van der Waals surface area (Å²) < 4.78 is 37.4. The normalized spacial score (nSPS) is 11.0. The highest BCUT2D eigenvalue weighted by Gasteiger charge is 2.21. The third-order valence-corrected chi connectivity index (χ3v) is 6.70. The Bertz CT molecular complexity index is 1140. The first-order valence-corrected chi connectivity index (χ1v) is 11.4. The van der Waals surface area contributed by atoms with Gasteiger partial charge in [0.2, 0.25) is 0 Å². The van der Waals surface area contributed by atoms with E-state index in [1.807, 2.05) is 31.2 Å². The minimum atomic E-state index is -3.67. The second kappa shape index (κ2) is 10.2. The number of carbonyl (C=O) groups excluding carboxylic acids is 1. The molecule has 0 saturated carbocycles. The van der Waals surface area contributed by atoms with Gasteiger partial charge in [0.25, 0.3) is 15.9 Å². The van der Waals surface area contributed by atoms with Crippen LogP contribution < -0.4 is 19.1 Å². The van der Waals surface area contributed by atoms with Crippen molar-refractivity contribution in [3.05, 3.63) is 83.9 Å². The maximum Gasteiger partial charge on any atom is 0.264 e. The molecule has 0 radical (unpaired) electrons. The number of nitrogens with one attached hydrogen (secondary N) is 1. The summed E-state index contributed by atoms with van der Waals surface area (Å²) in [6, 6.07) is 20.6. The van der Waals surface area contributed by atoms with Crippen molar-refractivity contribution >= 4 is 21.6 Å². The summed E-state index contributed by atoms with van der Waals surface area (Å²) in [5.74, 6) is 0.961. The van der Waals surface area contributed by atoms with Crippen LogP contribution in [0.15, 0.2) is 77.7 Å². The summed E-state index contributed by atoms with van der Waals surface area (Å²) in [5.41, 5.74) is 2.42. The minimum Gasteiger partial charge on any atom is -0.497 e. The van der Waals surface area contributed by atoms with Crippen LogP contribution in [0.1, 0.15) is 11.1 Å². The molecular weight excluding hydrogens is 428 g/mol. The van der Waals surface area contributed by atoms with E-state index in [-0.39, 0.29) is 17.4 Å². The number of rotatable bonds is 9. The highest BCUT2D eigenvalue weighted by molar-refractivity contribution is 7.92. The van der Waals surface area contributed by atoms with Gasteiger partial charge < -0.3 is 14.8 Å². The van der Waals surface area contributed by atoms with E-state index in [1.54, 1.807) is 55.6 Å². The molecule has 0 aliphatic heterocycles. The summed E-state index contributed by atoms with van der Waals surface area (Å²) >= 11 is 0. The van der Waals surface area contributed by atoms with Crippen molar-refractivity contribution in [1.82, 2.24) is 5.32 Å². The SMILES string of the molecule is COc1ccc(CNC(=O)COc2ccc(N(C)S(=O)(=O)c3ccc(C)cc3)cc2)cc1. The molecule has 3 aromatic rings. The fourth-order valence-corrected chi connectivity index (χ4v) is 4.10. The molecule has 0 aliphatic rings. The summed E-state index contributed by atoms with van der Waals surface area (Å²) in [6.45, 7) is 2.14. The number of ether oxygens (including phenoxy) is 2. The van der Waals surface area contributed by atoms with Crippen molar-refractivity contribution in [2.75, 3.05) is 25.1 Å². The molecule has 0 spiro atoms. The Morgan fingerprint density at radius 1 is 0.906 bits per heavy atom. The third kappa shape index (κ3) is 5.79. The Kier molecular flexibility index (Phi) is 7.37. The van der Waals surface area contributed by atoms with Crippen molar-refractivity contribution in [2.24, 2.45) is 0 Å². The molecule has 0 saturated heterocycles. The summed E-state index contributed by atoms with van der Waals surface area (Å²) in [7, 11) is -0.568. The first-order chi connectivity index (χ1) is 15.3. The van der Waals surface area contributed by atoms with Crippen LogP contribution in [0.2, 0.25) is 0 Å². The van der Waals surface area contributed by atoms with E-state index < -0.39 is 10.0 Å². The van der Waals surface area contributed by atoms with E-state index in [4.69, 9.17) is 9.47 Å². The molecule has 168 valence electrons. The van der Waals surface area contributed by atoms with Crippen molar-refractivity contribution in [1.29, 1.82) is 0 Å². The molecule has 3 rings (SSSR count). The van der Waals surface area contributed by atoms with Crippen LogP contribution in [0, 0.1) is 6.92 Å². The van der Waals surface area contributed by atoms with Gasteiger partial charge in [-0.25, -0.2) is 8.42 Å². The van der Waals surface area contributed by atoms with Crippen LogP contribution in [0.5, 0.6) is 11.5 Å². The zero-order chi connectivity index (χ0) is 23.1.